The first-order chi connectivity index (χ1) is 11.5. The van der Waals surface area contributed by atoms with Crippen LogP contribution in [-0.4, -0.2) is 12.6 Å². The molecule has 0 aromatic carbocycles. The molecule has 134 valence electrons. The van der Waals surface area contributed by atoms with Crippen LogP contribution >= 0.6 is 0 Å². The van der Waals surface area contributed by atoms with Crippen LogP contribution in [0, 0.1) is 5.92 Å². The Labute approximate surface area is 148 Å². The Bertz CT molecular complexity index is 567. The first kappa shape index (κ1) is 17.6. The first-order valence-electron chi connectivity index (χ1n) is 9.94. The maximum atomic E-state index is 5.92. The molecule has 0 fully saturated rings. The van der Waals surface area contributed by atoms with E-state index in [1.54, 1.807) is 16.7 Å². The number of rotatable bonds is 4. The van der Waals surface area contributed by atoms with Crippen molar-refractivity contribution in [3.05, 3.63) is 33.7 Å². The molecule has 1 aliphatic carbocycles. The van der Waals surface area contributed by atoms with Gasteiger partial charge in [-0.05, 0) is 90.6 Å². The summed E-state index contributed by atoms with van der Waals surface area (Å²) in [6.07, 6.45) is 11.3. The van der Waals surface area contributed by atoms with Gasteiger partial charge >= 0.3 is 0 Å². The number of ether oxygens (including phenoxy) is 1. The van der Waals surface area contributed by atoms with Crippen molar-refractivity contribution in [2.24, 2.45) is 5.92 Å². The van der Waals surface area contributed by atoms with E-state index < -0.39 is 0 Å². The SMILES string of the molecule is CC1=C(C)CC(CC2=C(C)NC(CC3=C(C)CCCO3)CC2)CC1. The molecule has 1 N–H and O–H groups in total. The standard InChI is InChI=1S/C22H35NO/c1-15-7-8-19(12-17(15)3)13-20-9-10-21(23-18(20)4)14-22-16(2)6-5-11-24-22/h19,21,23H,5-14H2,1-4H3. The molecule has 0 aromatic rings. The Morgan fingerprint density at radius 3 is 2.46 bits per heavy atom. The number of nitrogens with one attached hydrogen (secondary N) is 1. The summed E-state index contributed by atoms with van der Waals surface area (Å²) in [5, 5.41) is 3.80. The summed E-state index contributed by atoms with van der Waals surface area (Å²) in [7, 11) is 0. The fraction of sp³-hybridized carbons (Fsp3) is 0.727. The smallest absolute Gasteiger partial charge is 0.0969 e. The van der Waals surface area contributed by atoms with Crippen LogP contribution in [-0.2, 0) is 4.74 Å². The third-order valence-electron chi connectivity index (χ3n) is 6.41. The maximum Gasteiger partial charge on any atom is 0.0969 e. The molecule has 2 heteroatoms. The van der Waals surface area contributed by atoms with Gasteiger partial charge in [0, 0.05) is 18.2 Å². The molecule has 0 amide bonds. The third kappa shape index (κ3) is 4.26. The minimum Gasteiger partial charge on any atom is -0.498 e. The third-order valence-corrected chi connectivity index (χ3v) is 6.41. The molecular formula is C22H35NO. The van der Waals surface area contributed by atoms with Gasteiger partial charge in [0.25, 0.3) is 0 Å². The predicted molar refractivity (Wildman–Crippen MR) is 102 cm³/mol. The van der Waals surface area contributed by atoms with Crippen LogP contribution in [0.5, 0.6) is 0 Å². The van der Waals surface area contributed by atoms with Gasteiger partial charge in [0.15, 0.2) is 0 Å². The second kappa shape index (κ2) is 7.80. The summed E-state index contributed by atoms with van der Waals surface area (Å²) >= 11 is 0. The van der Waals surface area contributed by atoms with Gasteiger partial charge in [0.05, 0.1) is 12.4 Å². The first-order valence-corrected chi connectivity index (χ1v) is 9.94. The lowest BCUT2D eigenvalue weighted by molar-refractivity contribution is 0.170. The molecule has 2 heterocycles. The van der Waals surface area contributed by atoms with E-state index in [0.717, 1.165) is 18.9 Å². The highest BCUT2D eigenvalue weighted by molar-refractivity contribution is 5.20. The van der Waals surface area contributed by atoms with Crippen molar-refractivity contribution >= 4 is 0 Å². The van der Waals surface area contributed by atoms with Crippen molar-refractivity contribution in [3.63, 3.8) is 0 Å². The van der Waals surface area contributed by atoms with Crippen LogP contribution in [0.4, 0.5) is 0 Å². The number of hydrogen-bond donors (Lipinski definition) is 1. The van der Waals surface area contributed by atoms with E-state index in [-0.39, 0.29) is 0 Å². The summed E-state index contributed by atoms with van der Waals surface area (Å²) in [5.41, 5.74) is 7.87. The van der Waals surface area contributed by atoms with Gasteiger partial charge in [-0.25, -0.2) is 0 Å². The van der Waals surface area contributed by atoms with Crippen LogP contribution in [0.3, 0.4) is 0 Å². The number of allylic oxidation sites excluding steroid dienone is 5. The molecule has 0 aromatic heterocycles. The molecule has 2 nitrogen and oxygen atoms in total. The highest BCUT2D eigenvalue weighted by Crippen LogP contribution is 2.36. The molecule has 0 radical (unpaired) electrons. The minimum absolute atomic E-state index is 0.562. The van der Waals surface area contributed by atoms with Gasteiger partial charge in [-0.1, -0.05) is 16.7 Å². The number of hydrogen-bond acceptors (Lipinski definition) is 2. The molecule has 2 aliphatic heterocycles. The summed E-state index contributed by atoms with van der Waals surface area (Å²) in [6.45, 7) is 10.1. The average Bonchev–Trinajstić information content (AvgIpc) is 2.56. The van der Waals surface area contributed by atoms with Gasteiger partial charge in [-0.15, -0.1) is 0 Å². The zero-order valence-corrected chi connectivity index (χ0v) is 16.1. The molecule has 0 saturated heterocycles. The van der Waals surface area contributed by atoms with E-state index in [2.05, 4.69) is 33.0 Å². The van der Waals surface area contributed by atoms with Crippen molar-refractivity contribution in [2.45, 2.75) is 91.5 Å². The van der Waals surface area contributed by atoms with Gasteiger partial charge in [0.1, 0.15) is 0 Å². The summed E-state index contributed by atoms with van der Waals surface area (Å²) in [6, 6.07) is 0.562. The van der Waals surface area contributed by atoms with Crippen LogP contribution in [0.2, 0.25) is 0 Å². The summed E-state index contributed by atoms with van der Waals surface area (Å²) in [4.78, 5) is 0. The highest BCUT2D eigenvalue weighted by atomic mass is 16.5. The zero-order chi connectivity index (χ0) is 17.1. The maximum absolute atomic E-state index is 5.92. The molecular weight excluding hydrogens is 294 g/mol. The van der Waals surface area contributed by atoms with E-state index in [4.69, 9.17) is 4.74 Å². The van der Waals surface area contributed by atoms with Crippen molar-refractivity contribution in [1.29, 1.82) is 0 Å². The predicted octanol–water partition coefficient (Wildman–Crippen LogP) is 6.01. The van der Waals surface area contributed by atoms with Crippen molar-refractivity contribution in [3.8, 4) is 0 Å². The lowest BCUT2D eigenvalue weighted by Crippen LogP contribution is -2.33. The van der Waals surface area contributed by atoms with Crippen molar-refractivity contribution in [2.75, 3.05) is 6.61 Å². The monoisotopic (exact) mass is 329 g/mol. The van der Waals surface area contributed by atoms with Gasteiger partial charge in [-0.3, -0.25) is 0 Å². The molecule has 2 atom stereocenters. The average molecular weight is 330 g/mol. The fourth-order valence-corrected chi connectivity index (χ4v) is 4.54. The lowest BCUT2D eigenvalue weighted by atomic mass is 9.79. The normalized spacial score (nSPS) is 28.8. The fourth-order valence-electron chi connectivity index (χ4n) is 4.54. The molecule has 2 unspecified atom stereocenters. The summed E-state index contributed by atoms with van der Waals surface area (Å²) in [5.74, 6) is 2.13. The highest BCUT2D eigenvalue weighted by Gasteiger charge is 2.24. The van der Waals surface area contributed by atoms with E-state index in [1.807, 2.05) is 0 Å². The summed E-state index contributed by atoms with van der Waals surface area (Å²) < 4.78 is 5.92. The molecule has 0 spiro atoms. The molecule has 3 aliphatic rings. The second-order valence-electron chi connectivity index (χ2n) is 8.34. The molecule has 0 saturated carbocycles. The van der Waals surface area contributed by atoms with E-state index in [1.165, 1.54) is 68.4 Å². The minimum atomic E-state index is 0.562. The van der Waals surface area contributed by atoms with Crippen molar-refractivity contribution in [1.82, 2.24) is 5.32 Å². The van der Waals surface area contributed by atoms with Gasteiger partial charge in [0.2, 0.25) is 0 Å². The molecule has 0 bridgehead atoms. The Hall–Kier alpha value is -1.18. The zero-order valence-electron chi connectivity index (χ0n) is 16.1. The van der Waals surface area contributed by atoms with Gasteiger partial charge < -0.3 is 10.1 Å². The Balaban J connectivity index is 1.56. The topological polar surface area (TPSA) is 21.3 Å². The van der Waals surface area contributed by atoms with E-state index in [0.29, 0.717) is 6.04 Å². The quantitative estimate of drug-likeness (QED) is 0.637. The Morgan fingerprint density at radius 2 is 1.75 bits per heavy atom. The molecule has 3 rings (SSSR count). The lowest BCUT2D eigenvalue weighted by Gasteiger charge is -2.32. The van der Waals surface area contributed by atoms with Gasteiger partial charge in [-0.2, -0.15) is 0 Å². The largest absolute Gasteiger partial charge is 0.498 e. The van der Waals surface area contributed by atoms with Crippen LogP contribution < -0.4 is 5.32 Å². The van der Waals surface area contributed by atoms with E-state index in [9.17, 15) is 0 Å². The second-order valence-corrected chi connectivity index (χ2v) is 8.34. The Kier molecular flexibility index (Phi) is 5.73. The van der Waals surface area contributed by atoms with Crippen LogP contribution in [0.1, 0.15) is 85.5 Å². The van der Waals surface area contributed by atoms with Crippen molar-refractivity contribution < 1.29 is 4.74 Å². The van der Waals surface area contributed by atoms with Crippen LogP contribution in [0.25, 0.3) is 0 Å². The van der Waals surface area contributed by atoms with Crippen LogP contribution in [0.15, 0.2) is 33.7 Å². The molecule has 24 heavy (non-hydrogen) atoms. The Morgan fingerprint density at radius 1 is 0.917 bits per heavy atom. The van der Waals surface area contributed by atoms with E-state index >= 15 is 0 Å².